The number of phenolic OH excluding ortho intramolecular Hbond substituents is 1. The maximum Gasteiger partial charge on any atom is 0.252 e. The average molecular weight is 492 g/mol. The summed E-state index contributed by atoms with van der Waals surface area (Å²) in [6.45, 7) is 0. The van der Waals surface area contributed by atoms with Gasteiger partial charge in [-0.15, -0.1) is 0 Å². The van der Waals surface area contributed by atoms with Crippen molar-refractivity contribution in [3.8, 4) is 11.5 Å². The molecule has 0 saturated heterocycles. The summed E-state index contributed by atoms with van der Waals surface area (Å²) in [5, 5.41) is 13.1. The number of ketones is 1. The molecule has 1 heterocycles. The van der Waals surface area contributed by atoms with Gasteiger partial charge in [-0.2, -0.15) is 0 Å². The quantitative estimate of drug-likeness (QED) is 0.432. The molecule has 0 atom stereocenters. The summed E-state index contributed by atoms with van der Waals surface area (Å²) in [4.78, 5) is 42.1. The van der Waals surface area contributed by atoms with Crippen LogP contribution in [0, 0.1) is 5.82 Å². The molecule has 0 unspecified atom stereocenters. The molecule has 1 fully saturated rings. The highest BCUT2D eigenvalue weighted by atomic mass is 19.1. The molecule has 1 aromatic heterocycles. The molecule has 4 rings (SSSR count). The van der Waals surface area contributed by atoms with Crippen LogP contribution in [0.15, 0.2) is 54.7 Å². The molecule has 2 aromatic carbocycles. The zero-order valence-corrected chi connectivity index (χ0v) is 19.7. The van der Waals surface area contributed by atoms with Gasteiger partial charge < -0.3 is 20.9 Å². The Labute approximate surface area is 207 Å². The second-order valence-corrected chi connectivity index (χ2v) is 8.71. The number of pyridine rings is 1. The van der Waals surface area contributed by atoms with E-state index in [0.29, 0.717) is 18.4 Å². The van der Waals surface area contributed by atoms with Crippen molar-refractivity contribution in [3.05, 3.63) is 88.5 Å². The van der Waals surface area contributed by atoms with Gasteiger partial charge in [-0.25, -0.2) is 4.39 Å². The van der Waals surface area contributed by atoms with E-state index in [-0.39, 0.29) is 28.8 Å². The van der Waals surface area contributed by atoms with Crippen LogP contribution < -0.4 is 15.8 Å². The standard InChI is InChI=1S/C27H26FN3O5/c1-36-22-11-10-21(32)23(24(22)28)25(33)18-4-2-3-5-19(18)27(35)31-17-8-6-15(7-9-17)20-14-16(26(29)34)12-13-30-20/h2-5,10-15,17,32H,6-9H2,1H3,(H2,29,34)(H,31,35). The van der Waals surface area contributed by atoms with E-state index in [2.05, 4.69) is 10.3 Å². The second kappa shape index (κ2) is 10.6. The highest BCUT2D eigenvalue weighted by molar-refractivity contribution is 6.16. The third kappa shape index (κ3) is 5.05. The highest BCUT2D eigenvalue weighted by Crippen LogP contribution is 2.33. The minimum absolute atomic E-state index is 0.0291. The Bertz CT molecular complexity index is 1320. The number of methoxy groups -OCH3 is 1. The molecule has 9 heteroatoms. The molecule has 2 amide bonds. The number of rotatable bonds is 7. The summed E-state index contributed by atoms with van der Waals surface area (Å²) in [5.41, 5.74) is 6.08. The number of hydrogen-bond donors (Lipinski definition) is 3. The number of amides is 2. The van der Waals surface area contributed by atoms with Gasteiger partial charge in [0, 0.05) is 35.0 Å². The molecule has 0 bridgehead atoms. The predicted molar refractivity (Wildman–Crippen MR) is 130 cm³/mol. The minimum atomic E-state index is -0.995. The summed E-state index contributed by atoms with van der Waals surface area (Å²) >= 11 is 0. The largest absolute Gasteiger partial charge is 0.507 e. The topological polar surface area (TPSA) is 132 Å². The van der Waals surface area contributed by atoms with Crippen LogP contribution in [0.3, 0.4) is 0 Å². The number of ether oxygens (including phenoxy) is 1. The number of halogens is 1. The van der Waals surface area contributed by atoms with Gasteiger partial charge in [0.05, 0.1) is 12.7 Å². The number of nitrogens with one attached hydrogen (secondary N) is 1. The van der Waals surface area contributed by atoms with Crippen LogP contribution in [-0.2, 0) is 0 Å². The molecule has 36 heavy (non-hydrogen) atoms. The van der Waals surface area contributed by atoms with Gasteiger partial charge in [-0.3, -0.25) is 19.4 Å². The lowest BCUT2D eigenvalue weighted by atomic mass is 9.83. The number of aromatic nitrogens is 1. The van der Waals surface area contributed by atoms with E-state index < -0.39 is 34.7 Å². The Kier molecular flexibility index (Phi) is 7.28. The van der Waals surface area contributed by atoms with Crippen molar-refractivity contribution < 1.29 is 28.6 Å². The van der Waals surface area contributed by atoms with Gasteiger partial charge in [-0.1, -0.05) is 18.2 Å². The predicted octanol–water partition coefficient (Wildman–Crippen LogP) is 3.72. The van der Waals surface area contributed by atoms with Gasteiger partial charge >= 0.3 is 0 Å². The Morgan fingerprint density at radius 1 is 1.06 bits per heavy atom. The number of aromatic hydroxyl groups is 1. The first kappa shape index (κ1) is 24.8. The van der Waals surface area contributed by atoms with E-state index in [9.17, 15) is 23.9 Å². The lowest BCUT2D eigenvalue weighted by Crippen LogP contribution is -2.38. The second-order valence-electron chi connectivity index (χ2n) is 8.71. The van der Waals surface area contributed by atoms with Crippen molar-refractivity contribution in [1.29, 1.82) is 0 Å². The van der Waals surface area contributed by atoms with Crippen molar-refractivity contribution in [2.24, 2.45) is 5.73 Å². The third-order valence-electron chi connectivity index (χ3n) is 6.49. The number of carbonyl (C=O) groups is 3. The fourth-order valence-corrected chi connectivity index (χ4v) is 4.56. The van der Waals surface area contributed by atoms with Crippen molar-refractivity contribution in [3.63, 3.8) is 0 Å². The first-order valence-corrected chi connectivity index (χ1v) is 11.6. The molecule has 4 N–H and O–H groups in total. The van der Waals surface area contributed by atoms with Gasteiger partial charge in [0.25, 0.3) is 5.91 Å². The Morgan fingerprint density at radius 2 is 1.75 bits per heavy atom. The van der Waals surface area contributed by atoms with Gasteiger partial charge in [0.15, 0.2) is 11.6 Å². The van der Waals surface area contributed by atoms with E-state index in [1.54, 1.807) is 30.5 Å². The third-order valence-corrected chi connectivity index (χ3v) is 6.49. The number of phenols is 1. The average Bonchev–Trinajstić information content (AvgIpc) is 2.89. The molecule has 8 nitrogen and oxygen atoms in total. The molecule has 1 saturated carbocycles. The van der Waals surface area contributed by atoms with Gasteiger partial charge in [-0.05, 0) is 56.0 Å². The maximum atomic E-state index is 14.8. The van der Waals surface area contributed by atoms with Crippen LogP contribution >= 0.6 is 0 Å². The van der Waals surface area contributed by atoms with Crippen molar-refractivity contribution in [1.82, 2.24) is 10.3 Å². The molecule has 0 radical (unpaired) electrons. The molecule has 1 aliphatic rings. The lowest BCUT2D eigenvalue weighted by Gasteiger charge is -2.29. The summed E-state index contributed by atoms with van der Waals surface area (Å²) in [6, 6.07) is 11.6. The summed E-state index contributed by atoms with van der Waals surface area (Å²) in [5.74, 6) is -3.37. The van der Waals surface area contributed by atoms with Crippen molar-refractivity contribution in [2.75, 3.05) is 7.11 Å². The molecule has 3 aromatic rings. The summed E-state index contributed by atoms with van der Waals surface area (Å²) in [6.07, 6.45) is 4.44. The minimum Gasteiger partial charge on any atom is -0.507 e. The fourth-order valence-electron chi connectivity index (χ4n) is 4.56. The number of benzene rings is 2. The summed E-state index contributed by atoms with van der Waals surface area (Å²) in [7, 11) is 1.25. The molecule has 0 spiro atoms. The maximum absolute atomic E-state index is 14.8. The van der Waals surface area contributed by atoms with Crippen LogP contribution in [0.25, 0.3) is 0 Å². The first-order chi connectivity index (χ1) is 17.3. The highest BCUT2D eigenvalue weighted by Gasteiger charge is 2.28. The van der Waals surface area contributed by atoms with Gasteiger partial charge in [0.2, 0.25) is 11.7 Å². The van der Waals surface area contributed by atoms with Crippen LogP contribution in [0.2, 0.25) is 0 Å². The smallest absolute Gasteiger partial charge is 0.252 e. The SMILES string of the molecule is COc1ccc(O)c(C(=O)c2ccccc2C(=O)NC2CCC(c3cc(C(N)=O)ccn3)CC2)c1F. The number of carbonyl (C=O) groups excluding carboxylic acids is 3. The Morgan fingerprint density at radius 3 is 2.42 bits per heavy atom. The first-order valence-electron chi connectivity index (χ1n) is 11.6. The Balaban J connectivity index is 1.48. The number of primary amides is 1. The van der Waals surface area contributed by atoms with Gasteiger partial charge in [0.1, 0.15) is 11.3 Å². The van der Waals surface area contributed by atoms with E-state index in [4.69, 9.17) is 10.5 Å². The molecular weight excluding hydrogens is 465 g/mol. The van der Waals surface area contributed by atoms with Crippen LogP contribution in [0.1, 0.15) is 73.9 Å². The number of nitrogens with two attached hydrogens (primary N) is 1. The number of nitrogens with zero attached hydrogens (tertiary/aromatic N) is 1. The van der Waals surface area contributed by atoms with E-state index in [0.717, 1.165) is 18.5 Å². The van der Waals surface area contributed by atoms with Crippen LogP contribution in [-0.4, -0.2) is 40.8 Å². The zero-order valence-electron chi connectivity index (χ0n) is 19.7. The van der Waals surface area contributed by atoms with Crippen molar-refractivity contribution >= 4 is 17.6 Å². The molecule has 186 valence electrons. The normalized spacial score (nSPS) is 17.3. The Hall–Kier alpha value is -4.27. The molecule has 1 aliphatic carbocycles. The van der Waals surface area contributed by atoms with E-state index in [1.165, 1.54) is 31.4 Å². The van der Waals surface area contributed by atoms with E-state index >= 15 is 0 Å². The van der Waals surface area contributed by atoms with Crippen LogP contribution in [0.4, 0.5) is 4.39 Å². The zero-order chi connectivity index (χ0) is 25.8. The monoisotopic (exact) mass is 491 g/mol. The molecule has 0 aliphatic heterocycles. The molecular formula is C27H26FN3O5. The van der Waals surface area contributed by atoms with Crippen molar-refractivity contribution in [2.45, 2.75) is 37.6 Å². The fraction of sp³-hybridized carbons (Fsp3) is 0.259. The lowest BCUT2D eigenvalue weighted by molar-refractivity contribution is 0.0915. The van der Waals surface area contributed by atoms with E-state index in [1.807, 2.05) is 0 Å². The van der Waals surface area contributed by atoms with Crippen LogP contribution in [0.5, 0.6) is 11.5 Å². The number of hydrogen-bond acceptors (Lipinski definition) is 6. The summed E-state index contributed by atoms with van der Waals surface area (Å²) < 4.78 is 19.7.